The van der Waals surface area contributed by atoms with Crippen molar-refractivity contribution in [2.75, 3.05) is 6.61 Å². The van der Waals surface area contributed by atoms with Crippen molar-refractivity contribution in [3.05, 3.63) is 0 Å². The number of hydrogen-bond donors (Lipinski definition) is 1. The summed E-state index contributed by atoms with van der Waals surface area (Å²) in [6, 6.07) is 0. The van der Waals surface area contributed by atoms with E-state index in [1.54, 1.807) is 0 Å². The molecule has 5 heteroatoms. The number of rotatable bonds is 8. The highest BCUT2D eigenvalue weighted by Gasteiger charge is 2.60. The first-order valence-electron chi connectivity index (χ1n) is 16.2. The molecule has 9 atom stereocenters. The Morgan fingerprint density at radius 1 is 0.865 bits per heavy atom. The second-order valence-electron chi connectivity index (χ2n) is 14.2. The number of ether oxygens (including phenoxy) is 1. The van der Waals surface area contributed by atoms with Crippen molar-refractivity contribution in [3.63, 3.8) is 0 Å². The predicted octanol–water partition coefficient (Wildman–Crippen LogP) is 8.56. The first-order chi connectivity index (χ1) is 17.9. The minimum atomic E-state index is -1.29. The molecule has 1 N–H and O–H groups in total. The molecule has 5 aliphatic rings. The van der Waals surface area contributed by atoms with E-state index in [1.165, 1.54) is 77.0 Å². The molecule has 0 radical (unpaired) electrons. The summed E-state index contributed by atoms with van der Waals surface area (Å²) < 4.78 is 20.4. The lowest BCUT2D eigenvalue weighted by molar-refractivity contribution is -0.135. The van der Waals surface area contributed by atoms with Crippen molar-refractivity contribution in [2.24, 2.45) is 46.3 Å². The molecule has 212 valence electrons. The molecule has 4 nitrogen and oxygen atoms in total. The Balaban J connectivity index is 1.09. The van der Waals surface area contributed by atoms with Crippen molar-refractivity contribution >= 4 is 17.1 Å². The Morgan fingerprint density at radius 2 is 1.62 bits per heavy atom. The Morgan fingerprint density at radius 3 is 2.41 bits per heavy atom. The Labute approximate surface area is 229 Å². The molecule has 0 bridgehead atoms. The molecule has 0 saturated heterocycles. The fourth-order valence-corrected chi connectivity index (χ4v) is 11.9. The fourth-order valence-electron chi connectivity index (χ4n) is 10.7. The van der Waals surface area contributed by atoms with Crippen molar-refractivity contribution < 1.29 is 13.7 Å². The maximum absolute atomic E-state index is 12.4. The van der Waals surface area contributed by atoms with Gasteiger partial charge in [0.2, 0.25) is 0 Å². The van der Waals surface area contributed by atoms with Gasteiger partial charge in [0.15, 0.2) is 0 Å². The molecule has 1 amide bonds. The van der Waals surface area contributed by atoms with Crippen molar-refractivity contribution in [1.29, 1.82) is 0 Å². The topological polar surface area (TPSA) is 55.4 Å². The smallest absolute Gasteiger partial charge is 0.419 e. The van der Waals surface area contributed by atoms with E-state index in [-0.39, 0.29) is 5.25 Å². The summed E-state index contributed by atoms with van der Waals surface area (Å²) in [6.07, 6.45) is 22.8. The molecule has 0 aromatic rings. The molecule has 5 saturated carbocycles. The summed E-state index contributed by atoms with van der Waals surface area (Å²) in [6.45, 7) is 8.29. The number of amides is 1. The SMILES string of the molecule is CC[C@H]1CC2C3CCC(CCCCOC(=O)NS(=O)C4CCCCC4)C3(C)CC[C@@H]2C2(C)CCCCC12. The van der Waals surface area contributed by atoms with Crippen LogP contribution in [0.5, 0.6) is 0 Å². The Hall–Kier alpha value is -0.580. The number of nitrogens with one attached hydrogen (secondary N) is 1. The minimum Gasteiger partial charge on any atom is -0.449 e. The monoisotopic (exact) mass is 533 g/mol. The van der Waals surface area contributed by atoms with Crippen LogP contribution in [0.15, 0.2) is 0 Å². The summed E-state index contributed by atoms with van der Waals surface area (Å²) in [5.41, 5.74) is 1.13. The number of carbonyl (C=O) groups excluding carboxylic acids is 1. The van der Waals surface area contributed by atoms with Crippen molar-refractivity contribution in [3.8, 4) is 0 Å². The molecule has 5 fully saturated rings. The highest BCUT2D eigenvalue weighted by Crippen LogP contribution is 2.69. The van der Waals surface area contributed by atoms with Crippen LogP contribution in [0.25, 0.3) is 0 Å². The fraction of sp³-hybridized carbons (Fsp3) is 0.969. The van der Waals surface area contributed by atoms with Crippen LogP contribution in [-0.4, -0.2) is 22.2 Å². The number of carbonyl (C=O) groups is 1. The average Bonchev–Trinajstić information content (AvgIpc) is 3.24. The predicted molar refractivity (Wildman–Crippen MR) is 152 cm³/mol. The van der Waals surface area contributed by atoms with E-state index in [4.69, 9.17) is 4.74 Å². The van der Waals surface area contributed by atoms with Gasteiger partial charge in [0.25, 0.3) is 0 Å². The van der Waals surface area contributed by atoms with E-state index in [2.05, 4.69) is 25.5 Å². The van der Waals surface area contributed by atoms with Crippen molar-refractivity contribution in [1.82, 2.24) is 4.72 Å². The second kappa shape index (κ2) is 11.9. The zero-order valence-electron chi connectivity index (χ0n) is 24.1. The molecule has 0 aromatic carbocycles. The standard InChI is InChI=1S/C32H55NO3S/c1-4-23-22-26-28-17-16-24(31(28,2)20-18-29(26)32(3)19-10-8-15-27(23)32)12-9-11-21-36-30(34)33-37(35)25-13-6-5-7-14-25/h23-29H,4-22H2,1-3H3,(H,33,34)/t23-,24?,26?,27?,28?,29-,31?,32?,37?/m0/s1. The molecule has 0 heterocycles. The third-order valence-electron chi connectivity index (χ3n) is 12.7. The van der Waals surface area contributed by atoms with Crippen LogP contribution in [0.2, 0.25) is 0 Å². The normalized spacial score (nSPS) is 42.8. The third-order valence-corrected chi connectivity index (χ3v) is 14.1. The molecule has 0 spiro atoms. The molecule has 5 aliphatic carbocycles. The maximum atomic E-state index is 12.4. The third kappa shape index (κ3) is 5.55. The first kappa shape index (κ1) is 28.0. The number of fused-ring (bicyclic) bond motifs is 5. The van der Waals surface area contributed by atoms with E-state index < -0.39 is 17.1 Å². The molecule has 37 heavy (non-hydrogen) atoms. The van der Waals surface area contributed by atoms with Gasteiger partial charge in [-0.05, 0) is 123 Å². The highest BCUT2D eigenvalue weighted by atomic mass is 32.2. The molecular weight excluding hydrogens is 478 g/mol. The molecular formula is C32H55NO3S. The van der Waals surface area contributed by atoms with Gasteiger partial charge in [-0.25, -0.2) is 13.7 Å². The van der Waals surface area contributed by atoms with Crippen LogP contribution >= 0.6 is 0 Å². The summed E-state index contributed by atoms with van der Waals surface area (Å²) in [7, 11) is -1.29. The average molecular weight is 534 g/mol. The minimum absolute atomic E-state index is 0.107. The molecule has 7 unspecified atom stereocenters. The maximum Gasteiger partial charge on any atom is 0.419 e. The molecule has 0 aromatic heterocycles. The Bertz CT molecular complexity index is 812. The van der Waals surface area contributed by atoms with Gasteiger partial charge in [-0.1, -0.05) is 59.3 Å². The van der Waals surface area contributed by atoms with Crippen LogP contribution in [0.4, 0.5) is 4.79 Å². The van der Waals surface area contributed by atoms with E-state index in [9.17, 15) is 9.00 Å². The molecule has 5 rings (SSSR count). The number of unbranched alkanes of at least 4 members (excludes halogenated alkanes) is 1. The van der Waals surface area contributed by atoms with E-state index in [0.717, 1.165) is 74.0 Å². The van der Waals surface area contributed by atoms with Gasteiger partial charge in [-0.3, -0.25) is 0 Å². The quantitative estimate of drug-likeness (QED) is 0.318. The van der Waals surface area contributed by atoms with Gasteiger partial charge in [0.1, 0.15) is 11.0 Å². The molecule has 0 aliphatic heterocycles. The lowest BCUT2D eigenvalue weighted by atomic mass is 9.42. The Kier molecular flexibility index (Phi) is 8.98. The second-order valence-corrected chi connectivity index (χ2v) is 15.7. The van der Waals surface area contributed by atoms with Crippen LogP contribution in [0, 0.1) is 46.3 Å². The summed E-state index contributed by atoms with van der Waals surface area (Å²) in [5.74, 6) is 5.66. The van der Waals surface area contributed by atoms with Crippen LogP contribution in [-0.2, 0) is 15.7 Å². The lowest BCUT2D eigenvalue weighted by Gasteiger charge is -2.62. The zero-order valence-corrected chi connectivity index (χ0v) is 24.9. The lowest BCUT2D eigenvalue weighted by Crippen LogP contribution is -2.55. The van der Waals surface area contributed by atoms with Gasteiger partial charge >= 0.3 is 6.09 Å². The largest absolute Gasteiger partial charge is 0.449 e. The summed E-state index contributed by atoms with van der Waals surface area (Å²) in [5, 5.41) is 0.107. The zero-order chi connectivity index (χ0) is 26.0. The van der Waals surface area contributed by atoms with Crippen LogP contribution in [0.3, 0.4) is 0 Å². The number of hydrogen-bond acceptors (Lipinski definition) is 3. The van der Waals surface area contributed by atoms with E-state index in [1.807, 2.05) is 0 Å². The first-order valence-corrected chi connectivity index (χ1v) is 17.4. The summed E-state index contributed by atoms with van der Waals surface area (Å²) in [4.78, 5) is 12.1. The van der Waals surface area contributed by atoms with E-state index >= 15 is 0 Å². The summed E-state index contributed by atoms with van der Waals surface area (Å²) >= 11 is 0. The van der Waals surface area contributed by atoms with Gasteiger partial charge in [0, 0.05) is 0 Å². The van der Waals surface area contributed by atoms with Gasteiger partial charge in [-0.2, -0.15) is 0 Å². The van der Waals surface area contributed by atoms with E-state index in [0.29, 0.717) is 17.4 Å². The highest BCUT2D eigenvalue weighted by molar-refractivity contribution is 7.84. The van der Waals surface area contributed by atoms with Gasteiger partial charge < -0.3 is 4.74 Å². The van der Waals surface area contributed by atoms with Crippen molar-refractivity contribution in [2.45, 2.75) is 142 Å². The van der Waals surface area contributed by atoms with Gasteiger partial charge in [-0.15, -0.1) is 0 Å². The van der Waals surface area contributed by atoms with Gasteiger partial charge in [0.05, 0.1) is 11.9 Å². The van der Waals surface area contributed by atoms with Crippen LogP contribution < -0.4 is 4.72 Å². The van der Waals surface area contributed by atoms with Crippen LogP contribution in [0.1, 0.15) is 136 Å².